The highest BCUT2D eigenvalue weighted by Gasteiger charge is 2.03. The Hall–Kier alpha value is -1.21. The maximum absolute atomic E-state index is 11.3. The van der Waals surface area contributed by atoms with Gasteiger partial charge in [0.1, 0.15) is 0 Å². The van der Waals surface area contributed by atoms with Crippen molar-refractivity contribution < 1.29 is 0 Å². The summed E-state index contributed by atoms with van der Waals surface area (Å²) in [6, 6.07) is 0. The molecule has 0 amide bonds. The summed E-state index contributed by atoms with van der Waals surface area (Å²) < 4.78 is 10.2. The van der Waals surface area contributed by atoms with E-state index >= 15 is 0 Å². The molecule has 0 aromatic carbocycles. The summed E-state index contributed by atoms with van der Waals surface area (Å²) in [5.74, 6) is 0. The fourth-order valence-electron chi connectivity index (χ4n) is 1.15. The topological polar surface area (TPSA) is 73.8 Å². The molecule has 0 aliphatic heterocycles. The molecule has 0 bridgehead atoms. The van der Waals surface area contributed by atoms with E-state index in [0.717, 1.165) is 17.4 Å². The molecule has 2 aromatic rings. The van der Waals surface area contributed by atoms with Gasteiger partial charge < -0.3 is 10.3 Å². The Morgan fingerprint density at radius 1 is 1.53 bits per heavy atom. The van der Waals surface area contributed by atoms with Gasteiger partial charge in [0.2, 0.25) is 5.43 Å². The molecule has 0 atom stereocenters. The van der Waals surface area contributed by atoms with Gasteiger partial charge in [-0.3, -0.25) is 4.79 Å². The number of halogens is 1. The Bertz CT molecular complexity index is 496. The molecule has 0 unspecified atom stereocenters. The van der Waals surface area contributed by atoms with Gasteiger partial charge in [-0.1, -0.05) is 0 Å². The van der Waals surface area contributed by atoms with Crippen LogP contribution in [0, 0.1) is 0 Å². The maximum Gasteiger partial charge on any atom is 0.218 e. The molecule has 0 saturated heterocycles. The lowest BCUT2D eigenvalue weighted by molar-refractivity contribution is 0.772. The van der Waals surface area contributed by atoms with E-state index in [9.17, 15) is 4.79 Å². The third-order valence-corrected chi connectivity index (χ3v) is 2.90. The van der Waals surface area contributed by atoms with Crippen LogP contribution in [0.15, 0.2) is 27.9 Å². The lowest BCUT2D eigenvalue weighted by Crippen LogP contribution is -2.13. The Kier molecular flexibility index (Phi) is 2.83. The van der Waals surface area contributed by atoms with Crippen molar-refractivity contribution in [2.24, 2.45) is 0 Å². The smallest absolute Gasteiger partial charge is 0.218 e. The van der Waals surface area contributed by atoms with Gasteiger partial charge in [0.15, 0.2) is 0 Å². The highest BCUT2D eigenvalue weighted by atomic mass is 79.9. The number of nitrogen functional groups attached to an aromatic ring is 1. The number of anilines is 1. The Balaban J connectivity index is 2.34. The van der Waals surface area contributed by atoms with E-state index < -0.39 is 0 Å². The van der Waals surface area contributed by atoms with Crippen molar-refractivity contribution in [1.82, 2.24) is 13.3 Å². The molecule has 0 aliphatic rings. The Morgan fingerprint density at radius 2 is 2.33 bits per heavy atom. The average molecular weight is 287 g/mol. The average Bonchev–Trinajstić information content (AvgIpc) is 2.66. The number of hydrogen-bond acceptors (Lipinski definition) is 5. The molecule has 2 heterocycles. The second kappa shape index (κ2) is 4.11. The third-order valence-electron chi connectivity index (χ3n) is 1.81. The number of nitrogens with two attached hydrogens (primary N) is 1. The summed E-state index contributed by atoms with van der Waals surface area (Å²) in [5.41, 5.74) is 6.42. The normalized spacial score (nSPS) is 10.5. The first kappa shape index (κ1) is 10.3. The number of rotatable bonds is 2. The van der Waals surface area contributed by atoms with Crippen molar-refractivity contribution in [2.45, 2.75) is 6.54 Å². The molecule has 0 spiro atoms. The minimum Gasteiger partial charge on any atom is -0.394 e. The maximum atomic E-state index is 11.3. The van der Waals surface area contributed by atoms with Gasteiger partial charge in [-0.05, 0) is 15.9 Å². The van der Waals surface area contributed by atoms with Crippen LogP contribution in [-0.4, -0.2) is 13.3 Å². The van der Waals surface area contributed by atoms with Gasteiger partial charge >= 0.3 is 0 Å². The summed E-state index contributed by atoms with van der Waals surface area (Å²) in [4.78, 5) is 11.3. The van der Waals surface area contributed by atoms with Crippen LogP contribution < -0.4 is 11.2 Å². The monoisotopic (exact) mass is 286 g/mol. The van der Waals surface area contributed by atoms with Gasteiger partial charge in [0.05, 0.1) is 40.3 Å². The minimum atomic E-state index is -0.192. The van der Waals surface area contributed by atoms with Gasteiger partial charge in [0, 0.05) is 12.4 Å². The van der Waals surface area contributed by atoms with Crippen molar-refractivity contribution >= 4 is 33.3 Å². The molecular weight excluding hydrogens is 280 g/mol. The van der Waals surface area contributed by atoms with Crippen LogP contribution in [0.3, 0.4) is 0 Å². The highest BCUT2D eigenvalue weighted by molar-refractivity contribution is 9.10. The first-order chi connectivity index (χ1) is 7.16. The molecule has 78 valence electrons. The summed E-state index contributed by atoms with van der Waals surface area (Å²) >= 11 is 4.31. The van der Waals surface area contributed by atoms with Crippen molar-refractivity contribution in [3.8, 4) is 0 Å². The largest absolute Gasteiger partial charge is 0.394 e. The molecule has 2 aromatic heterocycles. The zero-order chi connectivity index (χ0) is 10.8. The first-order valence-corrected chi connectivity index (χ1v) is 5.60. The second-order valence-corrected chi connectivity index (χ2v) is 4.37. The number of pyridine rings is 1. The van der Waals surface area contributed by atoms with Crippen molar-refractivity contribution in [2.75, 3.05) is 5.73 Å². The van der Waals surface area contributed by atoms with E-state index in [1.54, 1.807) is 23.2 Å². The van der Waals surface area contributed by atoms with Crippen LogP contribution in [0.2, 0.25) is 0 Å². The van der Waals surface area contributed by atoms with E-state index in [0.29, 0.717) is 11.0 Å². The van der Waals surface area contributed by atoms with Gasteiger partial charge in [0.25, 0.3) is 0 Å². The number of nitrogens with zero attached hydrogens (tertiary/aromatic N) is 3. The van der Waals surface area contributed by atoms with Crippen molar-refractivity contribution in [3.05, 3.63) is 39.0 Å². The lowest BCUT2D eigenvalue weighted by atomic mass is 10.4. The summed E-state index contributed by atoms with van der Waals surface area (Å²) in [7, 11) is 0. The zero-order valence-electron chi connectivity index (χ0n) is 7.55. The van der Waals surface area contributed by atoms with Crippen molar-refractivity contribution in [1.29, 1.82) is 0 Å². The highest BCUT2D eigenvalue weighted by Crippen LogP contribution is 2.08. The summed E-state index contributed by atoms with van der Waals surface area (Å²) in [6.07, 6.45) is 4.96. The van der Waals surface area contributed by atoms with Gasteiger partial charge in [-0.2, -0.15) is 8.75 Å². The van der Waals surface area contributed by atoms with Crippen LogP contribution in [0.5, 0.6) is 0 Å². The van der Waals surface area contributed by atoms with E-state index in [1.807, 2.05) is 0 Å². The fourth-order valence-corrected chi connectivity index (χ4v) is 2.07. The van der Waals surface area contributed by atoms with E-state index in [4.69, 9.17) is 5.73 Å². The summed E-state index contributed by atoms with van der Waals surface area (Å²) in [5, 5.41) is 0. The zero-order valence-corrected chi connectivity index (χ0v) is 9.96. The third kappa shape index (κ3) is 2.24. The lowest BCUT2D eigenvalue weighted by Gasteiger charge is -2.05. The van der Waals surface area contributed by atoms with Crippen LogP contribution in [0.25, 0.3) is 0 Å². The fraction of sp³-hybridized carbons (Fsp3) is 0.125. The van der Waals surface area contributed by atoms with Crippen molar-refractivity contribution in [3.63, 3.8) is 0 Å². The predicted octanol–water partition coefficient (Wildman–Crippen LogP) is 1.09. The molecule has 2 N–H and O–H groups in total. The van der Waals surface area contributed by atoms with Gasteiger partial charge in [-0.15, -0.1) is 0 Å². The standard InChI is InChI=1S/C8H7BrN4OS/c9-6-3-13(4-7(10)8(6)14)2-5-1-11-15-12-5/h1,3-4H,2,10H2. The molecule has 0 fully saturated rings. The molecule has 0 aliphatic carbocycles. The number of aromatic nitrogens is 3. The van der Waals surface area contributed by atoms with Crippen LogP contribution in [0.4, 0.5) is 5.69 Å². The second-order valence-electron chi connectivity index (χ2n) is 2.96. The Labute approximate surface area is 98.0 Å². The molecule has 0 radical (unpaired) electrons. The SMILES string of the molecule is Nc1cn(Cc2cnsn2)cc(Br)c1=O. The number of hydrogen-bond donors (Lipinski definition) is 1. The van der Waals surface area contributed by atoms with Crippen LogP contribution >= 0.6 is 27.7 Å². The van der Waals surface area contributed by atoms with E-state index in [-0.39, 0.29) is 11.1 Å². The minimum absolute atomic E-state index is 0.192. The molecule has 15 heavy (non-hydrogen) atoms. The first-order valence-electron chi connectivity index (χ1n) is 4.08. The molecule has 7 heteroatoms. The van der Waals surface area contributed by atoms with E-state index in [1.165, 1.54) is 0 Å². The quantitative estimate of drug-likeness (QED) is 0.897. The predicted molar refractivity (Wildman–Crippen MR) is 61.8 cm³/mol. The van der Waals surface area contributed by atoms with Gasteiger partial charge in [-0.25, -0.2) is 0 Å². The molecular formula is C8H7BrN4OS. The van der Waals surface area contributed by atoms with Crippen LogP contribution in [-0.2, 0) is 6.54 Å². The molecule has 2 rings (SSSR count). The van der Waals surface area contributed by atoms with Crippen LogP contribution in [0.1, 0.15) is 5.69 Å². The van der Waals surface area contributed by atoms with E-state index in [2.05, 4.69) is 24.7 Å². The molecule has 0 saturated carbocycles. The summed E-state index contributed by atoms with van der Waals surface area (Å²) in [6.45, 7) is 0.555. The Morgan fingerprint density at radius 3 is 2.93 bits per heavy atom. The molecule has 5 nitrogen and oxygen atoms in total.